The molecule has 20 heavy (non-hydrogen) atoms. The number of morpholine rings is 1. The van der Waals surface area contributed by atoms with Crippen LogP contribution in [0.1, 0.15) is 18.9 Å². The van der Waals surface area contributed by atoms with E-state index in [4.69, 9.17) is 4.74 Å². The van der Waals surface area contributed by atoms with Gasteiger partial charge in [0.1, 0.15) is 11.4 Å². The minimum Gasteiger partial charge on any atom is -0.379 e. The summed E-state index contributed by atoms with van der Waals surface area (Å²) >= 11 is 0. The summed E-state index contributed by atoms with van der Waals surface area (Å²) in [7, 11) is 1.76. The van der Waals surface area contributed by atoms with E-state index in [1.807, 2.05) is 6.92 Å². The Balaban J connectivity index is 2.15. The number of rotatable bonds is 2. The van der Waals surface area contributed by atoms with Crippen LogP contribution in [0.2, 0.25) is 0 Å². The van der Waals surface area contributed by atoms with E-state index in [2.05, 4.69) is 4.90 Å². The molecule has 0 aliphatic carbocycles. The van der Waals surface area contributed by atoms with Crippen molar-refractivity contribution in [2.75, 3.05) is 38.3 Å². The van der Waals surface area contributed by atoms with Crippen LogP contribution in [0.5, 0.6) is 0 Å². The number of anilines is 1. The van der Waals surface area contributed by atoms with E-state index in [1.165, 1.54) is 12.1 Å². The van der Waals surface area contributed by atoms with Crippen LogP contribution < -0.4 is 4.90 Å². The SMILES string of the molecule is CCC1(N2CCOCC2)C(=O)N(C)c2ccc(F)cc21. The molecule has 108 valence electrons. The quantitative estimate of drug-likeness (QED) is 0.826. The third-order valence-electron chi connectivity index (χ3n) is 4.49. The third-order valence-corrected chi connectivity index (χ3v) is 4.49. The van der Waals surface area contributed by atoms with E-state index in [1.54, 1.807) is 18.0 Å². The van der Waals surface area contributed by atoms with Gasteiger partial charge in [0.25, 0.3) is 5.91 Å². The van der Waals surface area contributed by atoms with Crippen LogP contribution in [0.4, 0.5) is 10.1 Å². The van der Waals surface area contributed by atoms with Gasteiger partial charge in [0.15, 0.2) is 0 Å². The number of ether oxygens (including phenoxy) is 1. The largest absolute Gasteiger partial charge is 0.379 e. The maximum Gasteiger partial charge on any atom is 0.251 e. The molecule has 5 heteroatoms. The highest BCUT2D eigenvalue weighted by molar-refractivity contribution is 6.07. The molecule has 0 radical (unpaired) electrons. The molecule has 1 aromatic carbocycles. The fourth-order valence-corrected chi connectivity index (χ4v) is 3.45. The van der Waals surface area contributed by atoms with Gasteiger partial charge in [-0.2, -0.15) is 0 Å². The molecule has 1 amide bonds. The first-order chi connectivity index (χ1) is 9.61. The van der Waals surface area contributed by atoms with Crippen molar-refractivity contribution in [2.24, 2.45) is 0 Å². The van der Waals surface area contributed by atoms with E-state index in [0.717, 1.165) is 11.3 Å². The Kier molecular flexibility index (Phi) is 3.26. The number of hydrogen-bond acceptors (Lipinski definition) is 3. The third kappa shape index (κ3) is 1.70. The molecule has 2 aliphatic rings. The maximum atomic E-state index is 13.7. The van der Waals surface area contributed by atoms with Crippen molar-refractivity contribution in [3.05, 3.63) is 29.6 Å². The highest BCUT2D eigenvalue weighted by Crippen LogP contribution is 2.46. The number of hydrogen-bond donors (Lipinski definition) is 0. The standard InChI is InChI=1S/C15H19FN2O2/c1-3-15(18-6-8-20-9-7-18)12-10-11(16)4-5-13(12)17(2)14(15)19/h4-5,10H,3,6-9H2,1-2H3. The predicted molar refractivity (Wildman–Crippen MR) is 74.2 cm³/mol. The molecule has 0 N–H and O–H groups in total. The average Bonchev–Trinajstić information content (AvgIpc) is 2.69. The molecule has 2 aliphatic heterocycles. The number of carbonyl (C=O) groups is 1. The van der Waals surface area contributed by atoms with Gasteiger partial charge in [0, 0.05) is 31.4 Å². The molecule has 0 spiro atoms. The van der Waals surface area contributed by atoms with Gasteiger partial charge < -0.3 is 9.64 Å². The summed E-state index contributed by atoms with van der Waals surface area (Å²) < 4.78 is 19.1. The second-order valence-electron chi connectivity index (χ2n) is 5.34. The second-order valence-corrected chi connectivity index (χ2v) is 5.34. The van der Waals surface area contributed by atoms with Crippen molar-refractivity contribution < 1.29 is 13.9 Å². The zero-order valence-corrected chi connectivity index (χ0v) is 11.9. The average molecular weight is 278 g/mol. The molecular formula is C15H19FN2O2. The van der Waals surface area contributed by atoms with E-state index in [-0.39, 0.29) is 11.7 Å². The fraction of sp³-hybridized carbons (Fsp3) is 0.533. The zero-order chi connectivity index (χ0) is 14.3. The molecule has 1 atom stereocenters. The Labute approximate surface area is 118 Å². The van der Waals surface area contributed by atoms with Crippen molar-refractivity contribution in [3.8, 4) is 0 Å². The lowest BCUT2D eigenvalue weighted by Crippen LogP contribution is -2.56. The van der Waals surface area contributed by atoms with Crippen molar-refractivity contribution in [1.82, 2.24) is 4.90 Å². The number of amides is 1. The summed E-state index contributed by atoms with van der Waals surface area (Å²) in [5, 5.41) is 0. The first kappa shape index (κ1) is 13.5. The van der Waals surface area contributed by atoms with Gasteiger partial charge in [-0.3, -0.25) is 9.69 Å². The molecular weight excluding hydrogens is 259 g/mol. The predicted octanol–water partition coefficient (Wildman–Crippen LogP) is 1.74. The van der Waals surface area contributed by atoms with Crippen molar-refractivity contribution in [2.45, 2.75) is 18.9 Å². The smallest absolute Gasteiger partial charge is 0.251 e. The van der Waals surface area contributed by atoms with Crippen molar-refractivity contribution in [3.63, 3.8) is 0 Å². The monoisotopic (exact) mass is 278 g/mol. The van der Waals surface area contributed by atoms with Crippen LogP contribution in [0.3, 0.4) is 0 Å². The van der Waals surface area contributed by atoms with Gasteiger partial charge in [-0.05, 0) is 24.6 Å². The summed E-state index contributed by atoms with van der Waals surface area (Å²) in [6, 6.07) is 4.61. The Morgan fingerprint density at radius 2 is 2.05 bits per heavy atom. The second kappa shape index (κ2) is 4.82. The minimum absolute atomic E-state index is 0.0301. The zero-order valence-electron chi connectivity index (χ0n) is 11.9. The number of likely N-dealkylation sites (N-methyl/N-ethyl adjacent to an activating group) is 1. The number of carbonyl (C=O) groups excluding carboxylic acids is 1. The molecule has 3 rings (SSSR count). The van der Waals surface area contributed by atoms with Gasteiger partial charge in [0.05, 0.1) is 13.2 Å². The Hall–Kier alpha value is -1.46. The molecule has 0 aromatic heterocycles. The van der Waals surface area contributed by atoms with Gasteiger partial charge in [-0.25, -0.2) is 4.39 Å². The molecule has 2 heterocycles. The Morgan fingerprint density at radius 1 is 1.35 bits per heavy atom. The van der Waals surface area contributed by atoms with Crippen molar-refractivity contribution in [1.29, 1.82) is 0 Å². The number of nitrogens with zero attached hydrogens (tertiary/aromatic N) is 2. The molecule has 1 saturated heterocycles. The first-order valence-electron chi connectivity index (χ1n) is 7.02. The Morgan fingerprint density at radius 3 is 2.70 bits per heavy atom. The van der Waals surface area contributed by atoms with Gasteiger partial charge in [-0.15, -0.1) is 0 Å². The first-order valence-corrected chi connectivity index (χ1v) is 7.02. The van der Waals surface area contributed by atoms with Crippen LogP contribution in [0.15, 0.2) is 18.2 Å². The highest BCUT2D eigenvalue weighted by Gasteiger charge is 2.52. The number of halogens is 1. The van der Waals surface area contributed by atoms with Crippen LogP contribution in [-0.4, -0.2) is 44.2 Å². The molecule has 4 nitrogen and oxygen atoms in total. The maximum absolute atomic E-state index is 13.7. The van der Waals surface area contributed by atoms with Gasteiger partial charge in [0.2, 0.25) is 0 Å². The lowest BCUT2D eigenvalue weighted by Gasteiger charge is -2.41. The summed E-state index contributed by atoms with van der Waals surface area (Å²) in [6.07, 6.45) is 0.632. The lowest BCUT2D eigenvalue weighted by molar-refractivity contribution is -0.133. The van der Waals surface area contributed by atoms with Crippen LogP contribution in [0, 0.1) is 5.82 Å². The molecule has 0 saturated carbocycles. The van der Waals surface area contributed by atoms with Crippen LogP contribution in [-0.2, 0) is 15.1 Å². The highest BCUT2D eigenvalue weighted by atomic mass is 19.1. The van der Waals surface area contributed by atoms with Gasteiger partial charge >= 0.3 is 0 Å². The molecule has 0 bridgehead atoms. The van der Waals surface area contributed by atoms with Crippen LogP contribution >= 0.6 is 0 Å². The lowest BCUT2D eigenvalue weighted by atomic mass is 9.86. The van der Waals surface area contributed by atoms with Gasteiger partial charge in [-0.1, -0.05) is 6.92 Å². The summed E-state index contributed by atoms with van der Waals surface area (Å²) in [5.74, 6) is -0.263. The topological polar surface area (TPSA) is 32.8 Å². The summed E-state index contributed by atoms with van der Waals surface area (Å²) in [4.78, 5) is 16.6. The normalized spacial score (nSPS) is 26.9. The fourth-order valence-electron chi connectivity index (χ4n) is 3.45. The molecule has 1 fully saturated rings. The van der Waals surface area contributed by atoms with Crippen molar-refractivity contribution >= 4 is 11.6 Å². The van der Waals surface area contributed by atoms with E-state index in [0.29, 0.717) is 32.7 Å². The summed E-state index contributed by atoms with van der Waals surface area (Å²) in [6.45, 7) is 4.61. The summed E-state index contributed by atoms with van der Waals surface area (Å²) in [5.41, 5.74) is 0.856. The minimum atomic E-state index is -0.740. The number of fused-ring (bicyclic) bond motifs is 1. The molecule has 1 unspecified atom stereocenters. The number of benzene rings is 1. The van der Waals surface area contributed by atoms with E-state index in [9.17, 15) is 9.18 Å². The van der Waals surface area contributed by atoms with Crippen LogP contribution in [0.25, 0.3) is 0 Å². The van der Waals surface area contributed by atoms with E-state index >= 15 is 0 Å². The molecule has 1 aromatic rings. The van der Waals surface area contributed by atoms with E-state index < -0.39 is 5.54 Å². The Bertz CT molecular complexity index is 543.